The van der Waals surface area contributed by atoms with E-state index >= 15 is 0 Å². The Kier molecular flexibility index (Phi) is 6.29. The maximum absolute atomic E-state index is 6.84. The molecule has 0 spiro atoms. The Morgan fingerprint density at radius 1 is 0.286 bits per heavy atom. The van der Waals surface area contributed by atoms with Crippen molar-refractivity contribution >= 4 is 87.8 Å². The summed E-state index contributed by atoms with van der Waals surface area (Å²) in [5, 5.41) is 8.74. The van der Waals surface area contributed by atoms with Crippen LogP contribution >= 0.6 is 0 Å². The molecule has 0 amide bonds. The molecule has 0 unspecified atom stereocenters. The van der Waals surface area contributed by atoms with Gasteiger partial charge >= 0.3 is 0 Å². The lowest BCUT2D eigenvalue weighted by molar-refractivity contribution is 0.662. The van der Waals surface area contributed by atoms with Crippen molar-refractivity contribution in [2.24, 2.45) is 0 Å². The molecule has 56 heavy (non-hydrogen) atoms. The smallest absolute Gasteiger partial charge is 0.143 e. The van der Waals surface area contributed by atoms with Crippen LogP contribution in [0.15, 0.2) is 151 Å². The molecule has 0 atom stereocenters. The molecule has 0 bridgehead atoms. The van der Waals surface area contributed by atoms with Crippen molar-refractivity contribution in [3.8, 4) is 33.4 Å². The number of furan rings is 4. The summed E-state index contributed by atoms with van der Waals surface area (Å²) in [4.78, 5) is 0. The molecule has 0 saturated carbocycles. The SMILES string of the molecule is Cc1ccc2oc3ccc(-c4cc(-c5cc(-c6cccc7c6oc6c(C)cccc67)c6oc7c(C)cccc7c6c5)cc5c4oc4c(C)cccc45)cc3c2c1. The van der Waals surface area contributed by atoms with Gasteiger partial charge < -0.3 is 17.7 Å². The van der Waals surface area contributed by atoms with Crippen molar-refractivity contribution in [2.75, 3.05) is 0 Å². The topological polar surface area (TPSA) is 52.6 Å². The Morgan fingerprint density at radius 2 is 0.732 bits per heavy atom. The van der Waals surface area contributed by atoms with E-state index in [2.05, 4.69) is 161 Å². The number of hydrogen-bond acceptors (Lipinski definition) is 4. The van der Waals surface area contributed by atoms with Crippen LogP contribution in [0.5, 0.6) is 0 Å². The molecule has 0 aliphatic carbocycles. The van der Waals surface area contributed by atoms with Gasteiger partial charge in [0.05, 0.1) is 0 Å². The third-order valence-corrected chi connectivity index (χ3v) is 11.9. The molecule has 266 valence electrons. The van der Waals surface area contributed by atoms with Crippen molar-refractivity contribution in [2.45, 2.75) is 27.7 Å². The van der Waals surface area contributed by atoms with Crippen LogP contribution in [0.1, 0.15) is 22.3 Å². The summed E-state index contributed by atoms with van der Waals surface area (Å²) in [7, 11) is 0. The van der Waals surface area contributed by atoms with Gasteiger partial charge in [-0.25, -0.2) is 0 Å². The van der Waals surface area contributed by atoms with Crippen LogP contribution in [0.25, 0.3) is 121 Å². The number of para-hydroxylation sites is 4. The number of benzene rings is 8. The summed E-state index contributed by atoms with van der Waals surface area (Å²) in [5.41, 5.74) is 17.8. The summed E-state index contributed by atoms with van der Waals surface area (Å²) < 4.78 is 26.7. The average Bonchev–Trinajstić information content (AvgIpc) is 3.99. The first kappa shape index (κ1) is 31.3. The van der Waals surface area contributed by atoms with Gasteiger partial charge in [-0.2, -0.15) is 0 Å². The van der Waals surface area contributed by atoms with E-state index in [4.69, 9.17) is 17.7 Å². The lowest BCUT2D eigenvalue weighted by atomic mass is 9.91. The second kappa shape index (κ2) is 11.2. The number of aryl methyl sites for hydroxylation is 4. The van der Waals surface area contributed by atoms with Gasteiger partial charge in [0.2, 0.25) is 0 Å². The summed E-state index contributed by atoms with van der Waals surface area (Å²) in [6.07, 6.45) is 0. The van der Waals surface area contributed by atoms with Crippen molar-refractivity contribution in [1.29, 1.82) is 0 Å². The van der Waals surface area contributed by atoms with Gasteiger partial charge in [-0.3, -0.25) is 0 Å². The lowest BCUT2D eigenvalue weighted by Gasteiger charge is -2.11. The first-order chi connectivity index (χ1) is 27.4. The van der Waals surface area contributed by atoms with Crippen LogP contribution in [0.3, 0.4) is 0 Å². The van der Waals surface area contributed by atoms with E-state index in [1.165, 1.54) is 5.56 Å². The monoisotopic (exact) mass is 722 g/mol. The molecule has 0 aliphatic heterocycles. The molecule has 4 heteroatoms. The fourth-order valence-corrected chi connectivity index (χ4v) is 9.06. The summed E-state index contributed by atoms with van der Waals surface area (Å²) >= 11 is 0. The Labute approximate surface area is 321 Å². The van der Waals surface area contributed by atoms with E-state index in [9.17, 15) is 0 Å². The minimum absolute atomic E-state index is 0.848. The minimum Gasteiger partial charge on any atom is -0.456 e. The predicted molar refractivity (Wildman–Crippen MR) is 231 cm³/mol. The molecule has 8 aromatic carbocycles. The zero-order chi connectivity index (χ0) is 37.4. The first-order valence-electron chi connectivity index (χ1n) is 19.1. The zero-order valence-electron chi connectivity index (χ0n) is 31.3. The van der Waals surface area contributed by atoms with Crippen molar-refractivity contribution in [3.05, 3.63) is 156 Å². The van der Waals surface area contributed by atoms with E-state index in [0.717, 1.165) is 138 Å². The van der Waals surface area contributed by atoms with E-state index in [0.29, 0.717) is 0 Å². The number of hydrogen-bond donors (Lipinski definition) is 0. The van der Waals surface area contributed by atoms with Gasteiger partial charge in [0.25, 0.3) is 0 Å². The molecule has 0 aliphatic rings. The molecule has 4 heterocycles. The molecule has 12 rings (SSSR count). The Bertz CT molecular complexity index is 3640. The lowest BCUT2D eigenvalue weighted by Crippen LogP contribution is -1.87. The Morgan fingerprint density at radius 3 is 1.34 bits per heavy atom. The van der Waals surface area contributed by atoms with Crippen molar-refractivity contribution in [1.82, 2.24) is 0 Å². The van der Waals surface area contributed by atoms with Gasteiger partial charge in [-0.05, 0) is 110 Å². The fraction of sp³-hybridized carbons (Fsp3) is 0.0769. The summed E-state index contributed by atoms with van der Waals surface area (Å²) in [6.45, 7) is 8.45. The highest BCUT2D eigenvalue weighted by molar-refractivity contribution is 6.18. The fourth-order valence-electron chi connectivity index (χ4n) is 9.06. The molecule has 0 radical (unpaired) electrons. The standard InChI is InChI=1S/C52H34O4/c1-27-17-19-45-40(21-27)41-22-31(18-20-46(41)53-45)39-23-32(24-42-36-13-6-10-29(3)48(36)55-51(39)42)33-25-43-37-14-7-11-30(4)49(37)56-52(43)44(26-33)38-16-8-15-35-34-12-5-9-28(2)47(34)54-50(35)38/h5-26H,1-4H3. The largest absolute Gasteiger partial charge is 0.456 e. The highest BCUT2D eigenvalue weighted by atomic mass is 16.3. The third-order valence-electron chi connectivity index (χ3n) is 11.9. The second-order valence-corrected chi connectivity index (χ2v) is 15.5. The van der Waals surface area contributed by atoms with E-state index in [1.54, 1.807) is 0 Å². The Hall–Kier alpha value is -7.04. The second-order valence-electron chi connectivity index (χ2n) is 15.5. The third kappa shape index (κ3) is 4.35. The van der Waals surface area contributed by atoms with Crippen molar-refractivity contribution in [3.63, 3.8) is 0 Å². The van der Waals surface area contributed by atoms with Crippen LogP contribution < -0.4 is 0 Å². The first-order valence-corrected chi connectivity index (χ1v) is 19.1. The molecule has 4 nitrogen and oxygen atoms in total. The maximum atomic E-state index is 6.84. The molecule has 0 fully saturated rings. The van der Waals surface area contributed by atoms with Gasteiger partial charge in [-0.15, -0.1) is 0 Å². The van der Waals surface area contributed by atoms with Crippen LogP contribution in [-0.4, -0.2) is 0 Å². The van der Waals surface area contributed by atoms with Gasteiger partial charge in [0.1, 0.15) is 44.7 Å². The normalized spacial score (nSPS) is 12.3. The molecule has 12 aromatic rings. The predicted octanol–water partition coefficient (Wildman–Crippen LogP) is 15.5. The Balaban J connectivity index is 1.18. The van der Waals surface area contributed by atoms with Gasteiger partial charge in [0.15, 0.2) is 0 Å². The maximum Gasteiger partial charge on any atom is 0.143 e. The van der Waals surface area contributed by atoms with Crippen LogP contribution in [0, 0.1) is 27.7 Å². The van der Waals surface area contributed by atoms with Gasteiger partial charge in [0, 0.05) is 59.8 Å². The van der Waals surface area contributed by atoms with E-state index < -0.39 is 0 Å². The van der Waals surface area contributed by atoms with Crippen LogP contribution in [0.4, 0.5) is 0 Å². The van der Waals surface area contributed by atoms with E-state index in [-0.39, 0.29) is 0 Å². The van der Waals surface area contributed by atoms with Crippen LogP contribution in [-0.2, 0) is 0 Å². The van der Waals surface area contributed by atoms with Crippen LogP contribution in [0.2, 0.25) is 0 Å². The molecule has 0 N–H and O–H groups in total. The summed E-state index contributed by atoms with van der Waals surface area (Å²) in [5.74, 6) is 0. The molecular weight excluding hydrogens is 689 g/mol. The summed E-state index contributed by atoms with van der Waals surface area (Å²) in [6, 6.07) is 47.6. The molecule has 4 aromatic heterocycles. The van der Waals surface area contributed by atoms with Gasteiger partial charge in [-0.1, -0.05) is 90.5 Å². The number of rotatable bonds is 3. The highest BCUT2D eigenvalue weighted by Crippen LogP contribution is 2.47. The molecular formula is C52H34O4. The average molecular weight is 723 g/mol. The van der Waals surface area contributed by atoms with Crippen molar-refractivity contribution < 1.29 is 17.7 Å². The minimum atomic E-state index is 0.848. The quantitative estimate of drug-likeness (QED) is 0.182. The van der Waals surface area contributed by atoms with E-state index in [1.807, 2.05) is 0 Å². The number of fused-ring (bicyclic) bond motifs is 12. The highest BCUT2D eigenvalue weighted by Gasteiger charge is 2.23. The molecule has 0 saturated heterocycles. The zero-order valence-corrected chi connectivity index (χ0v) is 31.3.